The van der Waals surface area contributed by atoms with E-state index in [1.54, 1.807) is 0 Å². The molecule has 0 bridgehead atoms. The van der Waals surface area contributed by atoms with Crippen LogP contribution in [0, 0.1) is 3.57 Å². The van der Waals surface area contributed by atoms with E-state index in [1.165, 1.54) is 186 Å². The van der Waals surface area contributed by atoms with Gasteiger partial charge >= 0.3 is 25.8 Å². The van der Waals surface area contributed by atoms with Crippen molar-refractivity contribution in [2.45, 2.75) is 239 Å². The zero-order valence-electron chi connectivity index (χ0n) is 32.5. The van der Waals surface area contributed by atoms with Gasteiger partial charge in [-0.3, -0.25) is 4.79 Å². The second kappa shape index (κ2) is 34.1. The summed E-state index contributed by atoms with van der Waals surface area (Å²) in [6.07, 6.45) is 44.0. The highest BCUT2D eigenvalue weighted by Gasteiger charge is 2.17. The van der Waals surface area contributed by atoms with Gasteiger partial charge in [0.2, 0.25) is 0 Å². The number of hydrogen-bond donors (Lipinski definition) is 1. The van der Waals surface area contributed by atoms with E-state index < -0.39 is 25.8 Å². The molecule has 5 heteroatoms. The molecule has 0 radical (unpaired) electrons. The standard InChI is InChI=1S/C44H79IO4/c1-3-5-7-9-11-13-15-17-19-21-23-25-27-29-31-33-35-40-37-41(44(45(48)49)42(38-40)39-43(46)47)36-34-32-30-28-26-24-22-20-18-16-14-12-10-8-6-4-2/h37-38H,3-36,39H2,1-2H3,(H,46,47). The van der Waals surface area contributed by atoms with E-state index in [1.807, 2.05) is 6.07 Å². The van der Waals surface area contributed by atoms with Gasteiger partial charge in [0.1, 0.15) is 0 Å². The van der Waals surface area contributed by atoms with Crippen molar-refractivity contribution in [3.05, 3.63) is 32.4 Å². The minimum Gasteiger partial charge on any atom is -0.481 e. The van der Waals surface area contributed by atoms with E-state index in [9.17, 15) is 16.0 Å². The summed E-state index contributed by atoms with van der Waals surface area (Å²) in [6, 6.07) is 3.98. The van der Waals surface area contributed by atoms with E-state index in [0.717, 1.165) is 43.2 Å². The average Bonchev–Trinajstić information content (AvgIpc) is 3.07. The molecule has 4 nitrogen and oxygen atoms in total. The van der Waals surface area contributed by atoms with Gasteiger partial charge in [-0.2, -0.15) is 0 Å². The maximum atomic E-state index is 12.4. The fourth-order valence-electron chi connectivity index (χ4n) is 7.38. The number of carbonyl (C=O) groups is 1. The summed E-state index contributed by atoms with van der Waals surface area (Å²) < 4.78 is 25.1. The molecule has 0 atom stereocenters. The maximum absolute atomic E-state index is 12.4. The fourth-order valence-corrected chi connectivity index (χ4v) is 9.28. The summed E-state index contributed by atoms with van der Waals surface area (Å²) in [6.45, 7) is 4.56. The minimum atomic E-state index is -3.80. The van der Waals surface area contributed by atoms with E-state index in [0.29, 0.717) is 9.13 Å². The summed E-state index contributed by atoms with van der Waals surface area (Å²) in [7, 11) is 0. The van der Waals surface area contributed by atoms with Gasteiger partial charge in [-0.1, -0.05) is 219 Å². The molecule has 1 N–H and O–H groups in total. The molecule has 1 rings (SSSR count). The Morgan fingerprint density at radius 3 is 1.04 bits per heavy atom. The van der Waals surface area contributed by atoms with Crippen LogP contribution in [0.4, 0.5) is 0 Å². The zero-order valence-corrected chi connectivity index (χ0v) is 34.6. The van der Waals surface area contributed by atoms with Gasteiger partial charge in [0.05, 0.1) is 9.99 Å². The zero-order chi connectivity index (χ0) is 35.6. The lowest BCUT2D eigenvalue weighted by Gasteiger charge is -2.13. The van der Waals surface area contributed by atoms with Crippen molar-refractivity contribution in [1.29, 1.82) is 0 Å². The predicted octanol–water partition coefficient (Wildman–Crippen LogP) is 15.3. The summed E-state index contributed by atoms with van der Waals surface area (Å²) >= 11 is -3.80. The molecule has 0 saturated heterocycles. The van der Waals surface area contributed by atoms with Crippen LogP contribution in [0.1, 0.15) is 236 Å². The molecule has 0 aliphatic carbocycles. The number of aryl methyl sites for hydroxylation is 2. The first-order chi connectivity index (χ1) is 24.0. The number of rotatable bonds is 37. The summed E-state index contributed by atoms with van der Waals surface area (Å²) in [5, 5.41) is 9.52. The molecule has 49 heavy (non-hydrogen) atoms. The highest BCUT2D eigenvalue weighted by atomic mass is 127. The van der Waals surface area contributed by atoms with Crippen LogP contribution in [0.3, 0.4) is 0 Å². The fraction of sp³-hybridized carbons (Fsp3) is 0.841. The van der Waals surface area contributed by atoms with Crippen molar-refractivity contribution in [3.63, 3.8) is 0 Å². The number of unbranched alkanes of at least 4 members (excludes halogenated alkanes) is 30. The van der Waals surface area contributed by atoms with Crippen molar-refractivity contribution in [2.75, 3.05) is 0 Å². The van der Waals surface area contributed by atoms with Crippen LogP contribution in [-0.4, -0.2) is 11.1 Å². The topological polar surface area (TPSA) is 71.4 Å². The van der Waals surface area contributed by atoms with Gasteiger partial charge in [-0.15, -0.1) is 0 Å². The Morgan fingerprint density at radius 1 is 0.449 bits per heavy atom. The van der Waals surface area contributed by atoms with Gasteiger partial charge in [0.25, 0.3) is 0 Å². The highest BCUT2D eigenvalue weighted by molar-refractivity contribution is 14.2. The summed E-state index contributed by atoms with van der Waals surface area (Å²) in [4.78, 5) is 11.6. The van der Waals surface area contributed by atoms with Crippen LogP contribution in [0.5, 0.6) is 0 Å². The van der Waals surface area contributed by atoms with Crippen molar-refractivity contribution in [3.8, 4) is 0 Å². The molecule has 286 valence electrons. The first kappa shape index (κ1) is 46.0. The van der Waals surface area contributed by atoms with Crippen molar-refractivity contribution < 1.29 is 16.0 Å². The highest BCUT2D eigenvalue weighted by Crippen LogP contribution is 2.30. The van der Waals surface area contributed by atoms with Crippen LogP contribution < -0.4 is 0 Å². The molecule has 0 aliphatic heterocycles. The normalized spacial score (nSPS) is 11.6. The number of aliphatic carboxylic acids is 1. The lowest BCUT2D eigenvalue weighted by Crippen LogP contribution is -2.07. The van der Waals surface area contributed by atoms with Gasteiger partial charge in [0, 0.05) is 0 Å². The monoisotopic (exact) mass is 799 g/mol. The minimum absolute atomic E-state index is 0.202. The summed E-state index contributed by atoms with van der Waals surface area (Å²) in [5.74, 6) is -0.952. The molecule has 0 saturated carbocycles. The van der Waals surface area contributed by atoms with Crippen LogP contribution >= 0.6 is 19.8 Å². The summed E-state index contributed by atoms with van der Waals surface area (Å²) in [5.41, 5.74) is 2.52. The van der Waals surface area contributed by atoms with E-state index in [-0.39, 0.29) is 6.42 Å². The van der Waals surface area contributed by atoms with Crippen molar-refractivity contribution in [2.24, 2.45) is 0 Å². The van der Waals surface area contributed by atoms with Crippen LogP contribution in [-0.2, 0) is 30.2 Å². The molecule has 0 unspecified atom stereocenters. The van der Waals surface area contributed by atoms with Gasteiger partial charge < -0.3 is 5.11 Å². The maximum Gasteiger partial charge on any atom is 0.341 e. The molecule has 1 aromatic rings. The molecule has 0 aromatic heterocycles. The quantitative estimate of drug-likeness (QED) is 0.0537. The Morgan fingerprint density at radius 2 is 0.735 bits per heavy atom. The van der Waals surface area contributed by atoms with Crippen LogP contribution in [0.25, 0.3) is 0 Å². The number of carboxylic acid groups (broad SMARTS) is 1. The van der Waals surface area contributed by atoms with Crippen molar-refractivity contribution in [1.82, 2.24) is 0 Å². The third kappa shape index (κ3) is 27.4. The first-order valence-corrected chi connectivity index (χ1v) is 24.2. The van der Waals surface area contributed by atoms with Crippen LogP contribution in [0.15, 0.2) is 12.1 Å². The molecular formula is C44H79IO4. The smallest absolute Gasteiger partial charge is 0.341 e. The molecule has 0 heterocycles. The van der Waals surface area contributed by atoms with E-state index >= 15 is 0 Å². The van der Waals surface area contributed by atoms with Crippen LogP contribution in [0.2, 0.25) is 0 Å². The SMILES string of the molecule is CCCCCCCCCCCCCCCCCCc1cc(CCCCCCCCCCCCCCCCCC)c(I(=O)=O)c(CC(=O)O)c1. The number of halogens is 1. The molecule has 0 aliphatic rings. The largest absolute Gasteiger partial charge is 0.481 e. The second-order valence-electron chi connectivity index (χ2n) is 15.1. The Hall–Kier alpha value is -0.980. The second-order valence-corrected chi connectivity index (χ2v) is 17.4. The van der Waals surface area contributed by atoms with E-state index in [2.05, 4.69) is 19.9 Å². The Bertz CT molecular complexity index is 977. The first-order valence-electron chi connectivity index (χ1n) is 21.4. The molecule has 0 fully saturated rings. The Balaban J connectivity index is 2.27. The molecular weight excluding hydrogens is 719 g/mol. The van der Waals surface area contributed by atoms with Crippen molar-refractivity contribution >= 4 is 25.8 Å². The van der Waals surface area contributed by atoms with Gasteiger partial charge in [0.15, 0.2) is 0 Å². The Kier molecular flexibility index (Phi) is 32.1. The third-order valence-electron chi connectivity index (χ3n) is 10.4. The van der Waals surface area contributed by atoms with E-state index in [4.69, 9.17) is 0 Å². The predicted molar refractivity (Wildman–Crippen MR) is 218 cm³/mol. The lowest BCUT2D eigenvalue weighted by molar-refractivity contribution is -0.136. The average molecular weight is 799 g/mol. The third-order valence-corrected chi connectivity index (χ3v) is 12.7. The molecule has 0 amide bonds. The molecule has 1 aromatic carbocycles. The lowest BCUT2D eigenvalue weighted by atomic mass is 9.96. The van der Waals surface area contributed by atoms with Gasteiger partial charge in [-0.25, -0.2) is 6.14 Å². The number of hydrogen-bond acceptors (Lipinski definition) is 3. The number of benzene rings is 1. The Labute approximate surface area is 311 Å². The number of carboxylic acids is 1. The molecule has 0 spiro atoms. The van der Waals surface area contributed by atoms with Gasteiger partial charge in [-0.05, 0) is 42.4 Å².